The number of benzene rings is 3. The smallest absolute Gasteiger partial charge is 0.296 e. The van der Waals surface area contributed by atoms with Gasteiger partial charge in [-0.25, -0.2) is 0 Å². The molecule has 1 aromatic heterocycles. The number of azo groups is 1. The van der Waals surface area contributed by atoms with E-state index < -0.39 is 94.5 Å². The van der Waals surface area contributed by atoms with Gasteiger partial charge in [-0.15, -0.1) is 10.2 Å². The van der Waals surface area contributed by atoms with Gasteiger partial charge in [-0.1, -0.05) is 0 Å². The van der Waals surface area contributed by atoms with Gasteiger partial charge in [0.2, 0.25) is 17.2 Å². The molecule has 0 spiro atoms. The molecule has 0 aliphatic heterocycles. The number of nitrogens with one attached hydrogen (secondary N) is 2. The van der Waals surface area contributed by atoms with E-state index in [2.05, 4.69) is 35.8 Å². The Morgan fingerprint density at radius 3 is 2.02 bits per heavy atom. The molecule has 21 nitrogen and oxygen atoms in total. The first kappa shape index (κ1) is 35.5. The number of hydrogen-bond donors (Lipinski definition) is 8. The van der Waals surface area contributed by atoms with E-state index in [1.54, 1.807) is 0 Å². The van der Waals surface area contributed by atoms with Crippen LogP contribution in [0.1, 0.15) is 0 Å². The summed E-state index contributed by atoms with van der Waals surface area (Å²) in [6.07, 6.45) is 0. The maximum atomic E-state index is 12.3. The number of phenolic OH excluding ortho intramolecular Hbond substituents is 1. The van der Waals surface area contributed by atoms with Crippen molar-refractivity contribution in [2.75, 3.05) is 28.7 Å². The Hall–Kier alpha value is -4.34. The van der Waals surface area contributed by atoms with Crippen LogP contribution < -0.4 is 16.4 Å². The van der Waals surface area contributed by atoms with Crippen LogP contribution in [0.3, 0.4) is 0 Å². The number of hydrogen-bond acceptors (Lipinski definition) is 17. The van der Waals surface area contributed by atoms with Gasteiger partial charge in [0.1, 0.15) is 26.9 Å². The molecule has 47 heavy (non-hydrogen) atoms. The number of halogens is 1. The van der Waals surface area contributed by atoms with E-state index in [0.717, 1.165) is 18.2 Å². The molecular weight excluding hydrogens is 736 g/mol. The van der Waals surface area contributed by atoms with E-state index in [1.807, 2.05) is 0 Å². The van der Waals surface area contributed by atoms with Crippen LogP contribution in [-0.2, 0) is 40.5 Å². The number of aromatic nitrogens is 3. The van der Waals surface area contributed by atoms with Crippen LogP contribution in [0.4, 0.5) is 34.6 Å². The number of fused-ring (bicyclic) bond motifs is 1. The number of nitrogens with zero attached hydrogens (tertiary/aromatic N) is 5. The van der Waals surface area contributed by atoms with Gasteiger partial charge in [-0.05, 0) is 47.3 Å². The molecule has 1 heterocycles. The average Bonchev–Trinajstić information content (AvgIpc) is 2.90. The van der Waals surface area contributed by atoms with Crippen molar-refractivity contribution >= 4 is 97.5 Å². The summed E-state index contributed by atoms with van der Waals surface area (Å²) in [4.78, 5) is 8.64. The van der Waals surface area contributed by atoms with E-state index in [4.69, 9.17) is 21.9 Å². The molecule has 0 radical (unpaired) electrons. The van der Waals surface area contributed by atoms with Crippen molar-refractivity contribution in [1.29, 1.82) is 0 Å². The molecule has 252 valence electrons. The van der Waals surface area contributed by atoms with Crippen molar-refractivity contribution in [2.24, 2.45) is 10.2 Å². The molecule has 0 saturated carbocycles. The van der Waals surface area contributed by atoms with Crippen LogP contribution in [0.5, 0.6) is 5.75 Å². The van der Waals surface area contributed by atoms with E-state index in [1.165, 1.54) is 6.07 Å². The van der Waals surface area contributed by atoms with E-state index in [0.29, 0.717) is 12.1 Å². The molecule has 0 fully saturated rings. The van der Waals surface area contributed by atoms with E-state index >= 15 is 0 Å². The third-order valence-corrected chi connectivity index (χ3v) is 9.24. The Kier molecular flexibility index (Phi) is 9.59. The third-order valence-electron chi connectivity index (χ3n) is 5.74. The van der Waals surface area contributed by atoms with Crippen LogP contribution in [0.2, 0.25) is 5.28 Å². The van der Waals surface area contributed by atoms with Gasteiger partial charge in [0.25, 0.3) is 40.5 Å². The first-order valence-corrected chi connectivity index (χ1v) is 18.3. The van der Waals surface area contributed by atoms with E-state index in [9.17, 15) is 52.4 Å². The summed E-state index contributed by atoms with van der Waals surface area (Å²) >= 11 is 5.85. The minimum absolute atomic E-state index is 0.101. The van der Waals surface area contributed by atoms with Gasteiger partial charge in [0, 0.05) is 18.3 Å². The van der Waals surface area contributed by atoms with Crippen molar-refractivity contribution in [3.8, 4) is 5.75 Å². The Morgan fingerprint density at radius 1 is 0.787 bits per heavy atom. The second-order valence-corrected chi connectivity index (χ2v) is 15.2. The predicted molar refractivity (Wildman–Crippen MR) is 163 cm³/mol. The Morgan fingerprint density at radius 2 is 1.43 bits per heavy atom. The molecule has 0 aliphatic rings. The minimum atomic E-state index is -5.11. The van der Waals surface area contributed by atoms with Crippen LogP contribution in [0, 0.1) is 0 Å². The summed E-state index contributed by atoms with van der Waals surface area (Å²) in [6, 6.07) is 4.99. The zero-order valence-corrected chi connectivity index (χ0v) is 26.7. The van der Waals surface area contributed by atoms with Gasteiger partial charge in [0.05, 0.1) is 21.7 Å². The lowest BCUT2D eigenvalue weighted by Crippen LogP contribution is -2.16. The monoisotopic (exact) mass is 754 g/mol. The number of nitrogens with two attached hydrogens (primary N) is 1. The highest BCUT2D eigenvalue weighted by molar-refractivity contribution is 7.86. The first-order valence-electron chi connectivity index (χ1n) is 12.0. The molecule has 0 saturated heterocycles. The van der Waals surface area contributed by atoms with Crippen molar-refractivity contribution in [3.63, 3.8) is 0 Å². The standard InChI is InChI=1S/C21H19ClN8O13S4/c22-19-26-20(24-3-4-44(32,33)34)28-21(27-19)25-10-1-2-12(14(7-10)46(38,39)40)29-30-18-16-9(6-15(17(18)23)47(41,42)43)5-11(8-13(16)31)45(35,36)37/h1-2,5-8,31H,3-4,23H2,(H,32,33,34)(H,35,36,37)(H,38,39,40)(H,41,42,43)(H2,24,25,26,27,28). The molecule has 0 atom stereocenters. The van der Waals surface area contributed by atoms with Gasteiger partial charge in [-0.2, -0.15) is 48.6 Å². The zero-order valence-electron chi connectivity index (χ0n) is 22.7. The second-order valence-electron chi connectivity index (χ2n) is 9.07. The second kappa shape index (κ2) is 12.7. The highest BCUT2D eigenvalue weighted by Crippen LogP contribution is 2.44. The molecule has 0 aliphatic carbocycles. The normalized spacial score (nSPS) is 12.9. The fraction of sp³-hybridized carbons (Fsp3) is 0.0952. The van der Waals surface area contributed by atoms with Crippen LogP contribution in [0.15, 0.2) is 61.3 Å². The van der Waals surface area contributed by atoms with E-state index in [-0.39, 0.29) is 29.4 Å². The summed E-state index contributed by atoms with van der Waals surface area (Å²) in [7, 11) is -19.4. The van der Waals surface area contributed by atoms with Crippen LogP contribution in [-0.4, -0.2) is 84.2 Å². The lowest BCUT2D eigenvalue weighted by Gasteiger charge is -2.12. The van der Waals surface area contributed by atoms with Gasteiger partial charge in [0.15, 0.2) is 0 Å². The highest BCUT2D eigenvalue weighted by Gasteiger charge is 2.24. The van der Waals surface area contributed by atoms with Crippen molar-refractivity contribution in [1.82, 2.24) is 15.0 Å². The summed E-state index contributed by atoms with van der Waals surface area (Å²) in [5.74, 6) is -2.12. The number of phenols is 1. The molecule has 4 aromatic rings. The molecule has 26 heteroatoms. The molecule has 0 unspecified atom stereocenters. The van der Waals surface area contributed by atoms with Crippen molar-refractivity contribution < 1.29 is 57.0 Å². The van der Waals surface area contributed by atoms with Crippen LogP contribution in [0.25, 0.3) is 10.8 Å². The Bertz CT molecular complexity index is 2410. The Labute approximate surface area is 269 Å². The van der Waals surface area contributed by atoms with Gasteiger partial charge < -0.3 is 21.5 Å². The first-order chi connectivity index (χ1) is 21.5. The molecule has 9 N–H and O–H groups in total. The number of nitrogen functional groups attached to an aromatic ring is 1. The number of rotatable bonds is 11. The average molecular weight is 755 g/mol. The predicted octanol–water partition coefficient (Wildman–Crippen LogP) is 2.16. The summed E-state index contributed by atoms with van der Waals surface area (Å²) in [5, 5.41) is 21.8. The van der Waals surface area contributed by atoms with Gasteiger partial charge in [-0.3, -0.25) is 18.2 Å². The maximum Gasteiger partial charge on any atom is 0.296 e. The third kappa shape index (κ3) is 8.73. The molecule has 4 rings (SSSR count). The molecular formula is C21H19ClN8O13S4. The van der Waals surface area contributed by atoms with Crippen molar-refractivity contribution in [3.05, 3.63) is 41.7 Å². The summed E-state index contributed by atoms with van der Waals surface area (Å²) in [6.45, 7) is -0.322. The summed E-state index contributed by atoms with van der Waals surface area (Å²) in [5.41, 5.74) is 3.69. The largest absolute Gasteiger partial charge is 0.507 e. The fourth-order valence-electron chi connectivity index (χ4n) is 3.82. The quantitative estimate of drug-likeness (QED) is 0.0617. The lowest BCUT2D eigenvalue weighted by atomic mass is 10.1. The molecule has 0 bridgehead atoms. The van der Waals surface area contributed by atoms with Crippen LogP contribution >= 0.6 is 11.6 Å². The maximum absolute atomic E-state index is 12.3. The molecule has 3 aromatic carbocycles. The zero-order chi connectivity index (χ0) is 35.1. The summed E-state index contributed by atoms with van der Waals surface area (Å²) < 4.78 is 131. The SMILES string of the molecule is Nc1c(S(=O)(=O)O)cc2cc(S(=O)(=O)O)cc(O)c2c1N=Nc1ccc(Nc2nc(Cl)nc(NCCS(=O)(=O)O)n2)cc1S(=O)(=O)O. The highest BCUT2D eigenvalue weighted by atomic mass is 35.5. The van der Waals surface area contributed by atoms with Gasteiger partial charge >= 0.3 is 0 Å². The minimum Gasteiger partial charge on any atom is -0.507 e. The van der Waals surface area contributed by atoms with Crippen molar-refractivity contribution in [2.45, 2.75) is 14.7 Å². The number of aromatic hydroxyl groups is 1. The lowest BCUT2D eigenvalue weighted by molar-refractivity contribution is 0.471. The Balaban J connectivity index is 1.79. The molecule has 0 amide bonds. The topological polar surface area (TPSA) is 351 Å². The number of anilines is 4. The fourth-order valence-corrected chi connectivity index (χ4v) is 6.18.